The number of amides is 1. The third-order valence-corrected chi connectivity index (χ3v) is 3.07. The summed E-state index contributed by atoms with van der Waals surface area (Å²) in [5.74, 6) is -0.247. The first-order chi connectivity index (χ1) is 9.63. The second-order valence-electron chi connectivity index (χ2n) is 4.35. The van der Waals surface area contributed by atoms with Gasteiger partial charge in [-0.3, -0.25) is 4.79 Å². The number of benzene rings is 1. The molecule has 0 radical (unpaired) electrons. The second kappa shape index (κ2) is 4.94. The zero-order chi connectivity index (χ0) is 14.1. The van der Waals surface area contributed by atoms with Crippen LogP contribution in [0.5, 0.6) is 0 Å². The lowest BCUT2D eigenvalue weighted by Gasteiger charge is -2.06. The Balaban J connectivity index is 1.94. The Morgan fingerprint density at radius 3 is 2.75 bits per heavy atom. The first kappa shape index (κ1) is 12.6. The number of hydrogen-bond acceptors (Lipinski definition) is 3. The van der Waals surface area contributed by atoms with Crippen molar-refractivity contribution in [1.82, 2.24) is 14.6 Å². The van der Waals surface area contributed by atoms with Gasteiger partial charge in [-0.05, 0) is 37.3 Å². The van der Waals surface area contributed by atoms with E-state index in [2.05, 4.69) is 15.4 Å². The van der Waals surface area contributed by atoms with Crippen LogP contribution in [0.3, 0.4) is 0 Å². The van der Waals surface area contributed by atoms with Crippen LogP contribution in [-0.2, 0) is 0 Å². The van der Waals surface area contributed by atoms with Gasteiger partial charge in [-0.15, -0.1) is 0 Å². The van der Waals surface area contributed by atoms with Crippen molar-refractivity contribution in [2.45, 2.75) is 6.92 Å². The maximum Gasteiger partial charge on any atom is 0.274 e. The normalized spacial score (nSPS) is 10.7. The Hall–Kier alpha value is -2.40. The smallest absolute Gasteiger partial charge is 0.274 e. The largest absolute Gasteiger partial charge is 0.321 e. The summed E-state index contributed by atoms with van der Waals surface area (Å²) in [6.07, 6.45) is 1.59. The van der Waals surface area contributed by atoms with Crippen molar-refractivity contribution < 1.29 is 4.79 Å². The van der Waals surface area contributed by atoms with Gasteiger partial charge in [-0.25, -0.2) is 9.50 Å². The third kappa shape index (κ3) is 2.35. The molecule has 0 aliphatic heterocycles. The minimum absolute atomic E-state index is 0.247. The van der Waals surface area contributed by atoms with Gasteiger partial charge >= 0.3 is 0 Å². The van der Waals surface area contributed by atoms with Crippen molar-refractivity contribution >= 4 is 28.8 Å². The summed E-state index contributed by atoms with van der Waals surface area (Å²) >= 11 is 5.81. The van der Waals surface area contributed by atoms with E-state index >= 15 is 0 Å². The minimum Gasteiger partial charge on any atom is -0.321 e. The number of hydrogen-bond donors (Lipinski definition) is 1. The highest BCUT2D eigenvalue weighted by Gasteiger charge is 2.12. The predicted octanol–water partition coefficient (Wildman–Crippen LogP) is 2.94. The molecule has 1 aromatic carbocycles. The van der Waals surface area contributed by atoms with Crippen LogP contribution in [0.2, 0.25) is 5.02 Å². The summed E-state index contributed by atoms with van der Waals surface area (Å²) in [6.45, 7) is 1.86. The van der Waals surface area contributed by atoms with Crippen LogP contribution < -0.4 is 5.32 Å². The molecule has 1 N–H and O–H groups in total. The Morgan fingerprint density at radius 1 is 1.25 bits per heavy atom. The molecule has 2 aromatic heterocycles. The molecule has 0 saturated carbocycles. The number of aryl methyl sites for hydroxylation is 1. The average Bonchev–Trinajstić information content (AvgIpc) is 2.81. The summed E-state index contributed by atoms with van der Waals surface area (Å²) in [6, 6.07) is 10.4. The number of rotatable bonds is 2. The van der Waals surface area contributed by atoms with Crippen LogP contribution in [0, 0.1) is 6.92 Å². The Bertz CT molecular complexity index is 779. The molecule has 100 valence electrons. The zero-order valence-corrected chi connectivity index (χ0v) is 11.4. The highest BCUT2D eigenvalue weighted by atomic mass is 35.5. The molecular weight excluding hydrogens is 276 g/mol. The molecular formula is C14H11ClN4O. The highest BCUT2D eigenvalue weighted by molar-refractivity contribution is 6.30. The summed E-state index contributed by atoms with van der Waals surface area (Å²) in [5.41, 5.74) is 2.56. The first-order valence-corrected chi connectivity index (χ1v) is 6.39. The Kier molecular flexibility index (Phi) is 3.12. The Labute approximate surface area is 120 Å². The zero-order valence-electron chi connectivity index (χ0n) is 10.7. The van der Waals surface area contributed by atoms with E-state index in [1.807, 2.05) is 13.0 Å². The van der Waals surface area contributed by atoms with Gasteiger partial charge in [0.25, 0.3) is 5.91 Å². The first-order valence-electron chi connectivity index (χ1n) is 6.02. The quantitative estimate of drug-likeness (QED) is 0.788. The molecule has 6 heteroatoms. The molecule has 20 heavy (non-hydrogen) atoms. The van der Waals surface area contributed by atoms with Crippen molar-refractivity contribution in [3.63, 3.8) is 0 Å². The fourth-order valence-electron chi connectivity index (χ4n) is 1.91. The van der Waals surface area contributed by atoms with E-state index in [0.29, 0.717) is 22.1 Å². The van der Waals surface area contributed by atoms with E-state index in [1.165, 1.54) is 4.52 Å². The van der Waals surface area contributed by atoms with E-state index < -0.39 is 0 Å². The molecule has 0 atom stereocenters. The van der Waals surface area contributed by atoms with E-state index in [9.17, 15) is 4.79 Å². The van der Waals surface area contributed by atoms with Crippen molar-refractivity contribution in [2.75, 3.05) is 5.32 Å². The predicted molar refractivity (Wildman–Crippen MR) is 77.1 cm³/mol. The molecule has 0 aliphatic rings. The monoisotopic (exact) mass is 286 g/mol. The standard InChI is InChI=1S/C14H11ClN4O/c1-9-8-13-16-7-6-12(19(13)18-9)14(20)17-11-4-2-10(15)3-5-11/h2-8H,1H3,(H,17,20). The van der Waals surface area contributed by atoms with Gasteiger partial charge in [0.2, 0.25) is 0 Å². The van der Waals surface area contributed by atoms with Crippen LogP contribution in [-0.4, -0.2) is 20.5 Å². The van der Waals surface area contributed by atoms with Gasteiger partial charge < -0.3 is 5.32 Å². The molecule has 3 aromatic rings. The number of nitrogens with one attached hydrogen (secondary N) is 1. The van der Waals surface area contributed by atoms with E-state index in [1.54, 1.807) is 36.5 Å². The maximum atomic E-state index is 12.3. The molecule has 1 amide bonds. The maximum absolute atomic E-state index is 12.3. The van der Waals surface area contributed by atoms with Crippen molar-refractivity contribution in [3.8, 4) is 0 Å². The number of anilines is 1. The summed E-state index contributed by atoms with van der Waals surface area (Å²) in [5, 5.41) is 7.68. The molecule has 3 rings (SSSR count). The van der Waals surface area contributed by atoms with Crippen molar-refractivity contribution in [3.05, 3.63) is 59.0 Å². The fourth-order valence-corrected chi connectivity index (χ4v) is 2.04. The molecule has 5 nitrogen and oxygen atoms in total. The highest BCUT2D eigenvalue weighted by Crippen LogP contribution is 2.15. The van der Waals surface area contributed by atoms with Crippen LogP contribution in [0.15, 0.2) is 42.6 Å². The van der Waals surface area contributed by atoms with E-state index in [-0.39, 0.29) is 5.91 Å². The van der Waals surface area contributed by atoms with Crippen molar-refractivity contribution in [1.29, 1.82) is 0 Å². The lowest BCUT2D eigenvalue weighted by molar-refractivity contribution is 0.102. The van der Waals surface area contributed by atoms with Crippen LogP contribution in [0.25, 0.3) is 5.65 Å². The average molecular weight is 287 g/mol. The summed E-state index contributed by atoms with van der Waals surface area (Å²) < 4.78 is 1.53. The molecule has 0 saturated heterocycles. The van der Waals surface area contributed by atoms with Crippen molar-refractivity contribution in [2.24, 2.45) is 0 Å². The van der Waals surface area contributed by atoms with Gasteiger partial charge in [-0.1, -0.05) is 11.6 Å². The van der Waals surface area contributed by atoms with Crippen LogP contribution >= 0.6 is 11.6 Å². The molecule has 0 unspecified atom stereocenters. The number of carbonyl (C=O) groups excluding carboxylic acids is 1. The van der Waals surface area contributed by atoms with Crippen LogP contribution in [0.1, 0.15) is 16.2 Å². The lowest BCUT2D eigenvalue weighted by Crippen LogP contribution is -2.16. The minimum atomic E-state index is -0.247. The fraction of sp³-hybridized carbons (Fsp3) is 0.0714. The molecule has 0 bridgehead atoms. The SMILES string of the molecule is Cc1cc2nccc(C(=O)Nc3ccc(Cl)cc3)n2n1. The van der Waals surface area contributed by atoms with Gasteiger partial charge in [-0.2, -0.15) is 5.10 Å². The van der Waals surface area contributed by atoms with Crippen LogP contribution in [0.4, 0.5) is 5.69 Å². The topological polar surface area (TPSA) is 59.3 Å². The molecule has 0 fully saturated rings. The summed E-state index contributed by atoms with van der Waals surface area (Å²) in [7, 11) is 0. The van der Waals surface area contributed by atoms with Gasteiger partial charge in [0.15, 0.2) is 5.65 Å². The number of aromatic nitrogens is 3. The van der Waals surface area contributed by atoms with Gasteiger partial charge in [0, 0.05) is 23.0 Å². The molecule has 2 heterocycles. The lowest BCUT2D eigenvalue weighted by atomic mass is 10.3. The third-order valence-electron chi connectivity index (χ3n) is 2.81. The summed E-state index contributed by atoms with van der Waals surface area (Å²) in [4.78, 5) is 16.5. The van der Waals surface area contributed by atoms with E-state index in [0.717, 1.165) is 5.69 Å². The second-order valence-corrected chi connectivity index (χ2v) is 4.78. The number of nitrogens with zero attached hydrogens (tertiary/aromatic N) is 3. The number of fused-ring (bicyclic) bond motifs is 1. The number of halogens is 1. The van der Waals surface area contributed by atoms with Gasteiger partial charge in [0.05, 0.1) is 5.69 Å². The van der Waals surface area contributed by atoms with Gasteiger partial charge in [0.1, 0.15) is 5.69 Å². The molecule has 0 spiro atoms. The molecule has 0 aliphatic carbocycles. The van der Waals surface area contributed by atoms with E-state index in [4.69, 9.17) is 11.6 Å². The Morgan fingerprint density at radius 2 is 2.00 bits per heavy atom. The number of carbonyl (C=O) groups is 1.